The summed E-state index contributed by atoms with van der Waals surface area (Å²) in [4.78, 5) is 36.7. The van der Waals surface area contributed by atoms with Crippen LogP contribution in [0.25, 0.3) is 0 Å². The number of hydrogen-bond donors (Lipinski definition) is 2. The Morgan fingerprint density at radius 2 is 2.17 bits per heavy atom. The van der Waals surface area contributed by atoms with Crippen LogP contribution < -0.4 is 10.2 Å². The number of carboxylic acid groups (broad SMARTS) is 1. The average Bonchev–Trinajstić information content (AvgIpc) is 2.89. The molecule has 0 spiro atoms. The molecule has 2 amide bonds. The summed E-state index contributed by atoms with van der Waals surface area (Å²) in [7, 11) is 0. The smallest absolute Gasteiger partial charge is 0.303 e. The summed E-state index contributed by atoms with van der Waals surface area (Å²) in [6.07, 6.45) is 0.183. The summed E-state index contributed by atoms with van der Waals surface area (Å²) >= 11 is 3.43. The number of halogens is 1. The molecule has 130 valence electrons. The fourth-order valence-corrected chi connectivity index (χ4v) is 2.97. The number of aryl methyl sites for hydroxylation is 1. The summed E-state index contributed by atoms with van der Waals surface area (Å²) < 4.78 is 0.972. The van der Waals surface area contributed by atoms with Gasteiger partial charge in [-0.05, 0) is 36.6 Å². The van der Waals surface area contributed by atoms with E-state index in [1.54, 1.807) is 11.8 Å². The molecule has 0 aliphatic carbocycles. The van der Waals surface area contributed by atoms with Gasteiger partial charge in [0, 0.05) is 36.1 Å². The Morgan fingerprint density at radius 3 is 2.79 bits per heavy atom. The Bertz CT molecular complexity index is 662. The van der Waals surface area contributed by atoms with Gasteiger partial charge in [-0.3, -0.25) is 14.4 Å². The molecule has 1 aromatic rings. The topological polar surface area (TPSA) is 86.7 Å². The van der Waals surface area contributed by atoms with E-state index in [-0.39, 0.29) is 30.6 Å². The fraction of sp³-hybridized carbons (Fsp3) is 0.471. The van der Waals surface area contributed by atoms with Gasteiger partial charge in [-0.2, -0.15) is 0 Å². The molecule has 0 aromatic heterocycles. The lowest BCUT2D eigenvalue weighted by Gasteiger charge is -2.18. The lowest BCUT2D eigenvalue weighted by molar-refractivity contribution is -0.138. The van der Waals surface area contributed by atoms with Crippen LogP contribution in [0.1, 0.15) is 25.3 Å². The van der Waals surface area contributed by atoms with Crippen LogP contribution in [0.3, 0.4) is 0 Å². The second kappa shape index (κ2) is 7.79. The maximum absolute atomic E-state index is 12.2. The first-order valence-corrected chi connectivity index (χ1v) is 8.63. The Kier molecular flexibility index (Phi) is 5.99. The van der Waals surface area contributed by atoms with Gasteiger partial charge in [0.2, 0.25) is 11.8 Å². The molecule has 0 saturated carbocycles. The first kappa shape index (κ1) is 18.4. The van der Waals surface area contributed by atoms with Crippen molar-refractivity contribution in [3.05, 3.63) is 28.2 Å². The Labute approximate surface area is 149 Å². The zero-order chi connectivity index (χ0) is 17.9. The van der Waals surface area contributed by atoms with E-state index in [0.717, 1.165) is 15.7 Å². The molecule has 2 rings (SSSR count). The van der Waals surface area contributed by atoms with Crippen LogP contribution in [0.4, 0.5) is 5.69 Å². The van der Waals surface area contributed by atoms with E-state index < -0.39 is 11.9 Å². The lowest BCUT2D eigenvalue weighted by Crippen LogP contribution is -2.35. The first-order valence-electron chi connectivity index (χ1n) is 7.84. The second-order valence-corrected chi connectivity index (χ2v) is 7.14. The van der Waals surface area contributed by atoms with Crippen LogP contribution in [0.15, 0.2) is 22.7 Å². The third kappa shape index (κ3) is 4.56. The lowest BCUT2D eigenvalue weighted by atomic mass is 10.1. The molecule has 2 N–H and O–H groups in total. The number of amides is 2. The summed E-state index contributed by atoms with van der Waals surface area (Å²) in [5.41, 5.74) is 1.81. The van der Waals surface area contributed by atoms with Crippen molar-refractivity contribution in [2.45, 2.75) is 26.7 Å². The van der Waals surface area contributed by atoms with Gasteiger partial charge in [0.15, 0.2) is 0 Å². The standard InChI is InChI=1S/C17H21BrN2O4/c1-10(5-16(22)23)8-19-17(24)12-7-15(21)20(9-12)13-3-4-14(18)11(2)6-13/h3-4,6,10,12H,5,7-9H2,1-2H3,(H,19,24)(H,22,23). The number of carbonyl (C=O) groups excluding carboxylic acids is 2. The highest BCUT2D eigenvalue weighted by molar-refractivity contribution is 9.10. The van der Waals surface area contributed by atoms with E-state index in [9.17, 15) is 14.4 Å². The minimum absolute atomic E-state index is 0.00811. The highest BCUT2D eigenvalue weighted by atomic mass is 79.9. The van der Waals surface area contributed by atoms with Crippen molar-refractivity contribution < 1.29 is 19.5 Å². The largest absolute Gasteiger partial charge is 0.481 e. The number of benzene rings is 1. The van der Waals surface area contributed by atoms with E-state index in [0.29, 0.717) is 13.1 Å². The van der Waals surface area contributed by atoms with Crippen molar-refractivity contribution in [2.75, 3.05) is 18.0 Å². The van der Waals surface area contributed by atoms with E-state index >= 15 is 0 Å². The van der Waals surface area contributed by atoms with Gasteiger partial charge in [0.25, 0.3) is 0 Å². The number of nitrogens with one attached hydrogen (secondary N) is 1. The van der Waals surface area contributed by atoms with E-state index in [4.69, 9.17) is 5.11 Å². The van der Waals surface area contributed by atoms with E-state index in [1.165, 1.54) is 0 Å². The van der Waals surface area contributed by atoms with Crippen molar-refractivity contribution in [3.8, 4) is 0 Å². The third-order valence-electron chi connectivity index (χ3n) is 4.10. The monoisotopic (exact) mass is 396 g/mol. The summed E-state index contributed by atoms with van der Waals surface area (Å²) in [6, 6.07) is 5.65. The zero-order valence-corrected chi connectivity index (χ0v) is 15.3. The zero-order valence-electron chi connectivity index (χ0n) is 13.7. The van der Waals surface area contributed by atoms with Crippen LogP contribution in [0, 0.1) is 18.8 Å². The summed E-state index contributed by atoms with van der Waals surface area (Å²) in [6.45, 7) is 4.36. The van der Waals surface area contributed by atoms with Gasteiger partial charge in [0.05, 0.1) is 5.92 Å². The predicted molar refractivity (Wildman–Crippen MR) is 93.8 cm³/mol. The Hall–Kier alpha value is -1.89. The van der Waals surface area contributed by atoms with Crippen LogP contribution in [0.2, 0.25) is 0 Å². The minimum atomic E-state index is -0.885. The summed E-state index contributed by atoms with van der Waals surface area (Å²) in [5.74, 6) is -1.70. The molecule has 1 aliphatic heterocycles. The maximum atomic E-state index is 12.2. The van der Waals surface area contributed by atoms with Gasteiger partial charge in [0.1, 0.15) is 0 Å². The molecule has 24 heavy (non-hydrogen) atoms. The molecule has 2 atom stereocenters. The van der Waals surface area contributed by atoms with Crippen LogP contribution in [0.5, 0.6) is 0 Å². The van der Waals surface area contributed by atoms with Gasteiger partial charge in [-0.25, -0.2) is 0 Å². The molecule has 1 aliphatic rings. The number of hydrogen-bond acceptors (Lipinski definition) is 3. The third-order valence-corrected chi connectivity index (χ3v) is 4.99. The number of carboxylic acids is 1. The van der Waals surface area contributed by atoms with Crippen molar-refractivity contribution in [3.63, 3.8) is 0 Å². The SMILES string of the molecule is Cc1cc(N2CC(C(=O)NCC(C)CC(=O)O)CC2=O)ccc1Br. The predicted octanol–water partition coefficient (Wildman–Crippen LogP) is 2.34. The van der Waals surface area contributed by atoms with Gasteiger partial charge in [-0.15, -0.1) is 0 Å². The molecule has 1 fully saturated rings. The summed E-state index contributed by atoms with van der Waals surface area (Å²) in [5, 5.41) is 11.5. The Morgan fingerprint density at radius 1 is 1.46 bits per heavy atom. The van der Waals surface area contributed by atoms with Crippen LogP contribution >= 0.6 is 15.9 Å². The number of nitrogens with zero attached hydrogens (tertiary/aromatic N) is 1. The van der Waals surface area contributed by atoms with Crippen molar-refractivity contribution in [1.29, 1.82) is 0 Å². The Balaban J connectivity index is 1.95. The maximum Gasteiger partial charge on any atom is 0.303 e. The van der Waals surface area contributed by atoms with Gasteiger partial charge < -0.3 is 15.3 Å². The normalized spacial score (nSPS) is 18.5. The van der Waals surface area contributed by atoms with Crippen molar-refractivity contribution >= 4 is 39.4 Å². The second-order valence-electron chi connectivity index (χ2n) is 6.29. The molecule has 6 nitrogen and oxygen atoms in total. The molecule has 0 radical (unpaired) electrons. The van der Waals surface area contributed by atoms with Crippen molar-refractivity contribution in [2.24, 2.45) is 11.8 Å². The minimum Gasteiger partial charge on any atom is -0.481 e. The number of anilines is 1. The number of aliphatic carboxylic acids is 1. The first-order chi connectivity index (χ1) is 11.3. The molecule has 1 aromatic carbocycles. The highest BCUT2D eigenvalue weighted by Gasteiger charge is 2.35. The van der Waals surface area contributed by atoms with E-state index in [2.05, 4.69) is 21.2 Å². The molecule has 7 heteroatoms. The van der Waals surface area contributed by atoms with Crippen LogP contribution in [-0.2, 0) is 14.4 Å². The molecular formula is C17H21BrN2O4. The molecule has 1 heterocycles. The van der Waals surface area contributed by atoms with E-state index in [1.807, 2.05) is 25.1 Å². The van der Waals surface area contributed by atoms with Gasteiger partial charge >= 0.3 is 5.97 Å². The molecule has 1 saturated heterocycles. The number of carbonyl (C=O) groups is 3. The van der Waals surface area contributed by atoms with Crippen molar-refractivity contribution in [1.82, 2.24) is 5.32 Å². The fourth-order valence-electron chi connectivity index (χ4n) is 2.72. The van der Waals surface area contributed by atoms with Gasteiger partial charge in [-0.1, -0.05) is 22.9 Å². The molecule has 0 bridgehead atoms. The quantitative estimate of drug-likeness (QED) is 0.772. The average molecular weight is 397 g/mol. The highest BCUT2D eigenvalue weighted by Crippen LogP contribution is 2.28. The molecule has 2 unspecified atom stereocenters. The van der Waals surface area contributed by atoms with Crippen LogP contribution in [-0.4, -0.2) is 36.0 Å². The number of rotatable bonds is 6. The molecular weight excluding hydrogens is 376 g/mol.